The zero-order valence-corrected chi connectivity index (χ0v) is 14.8. The maximum Gasteiger partial charge on any atom is 0.314 e. The SMILES string of the molecule is COC(=O)[C@@H]1CN([C@H](C)c2ccccc2)C(=C=O)[C@]1(O)c1ccccc1. The van der Waals surface area contributed by atoms with Crippen LogP contribution < -0.4 is 0 Å². The number of carbonyl (C=O) groups excluding carboxylic acids is 2. The molecule has 0 radical (unpaired) electrons. The fourth-order valence-corrected chi connectivity index (χ4v) is 3.62. The number of esters is 1. The molecule has 0 bridgehead atoms. The van der Waals surface area contributed by atoms with Gasteiger partial charge in [-0.1, -0.05) is 60.7 Å². The first-order valence-corrected chi connectivity index (χ1v) is 8.47. The van der Waals surface area contributed by atoms with E-state index in [1.54, 1.807) is 29.2 Å². The van der Waals surface area contributed by atoms with Crippen LogP contribution >= 0.6 is 0 Å². The van der Waals surface area contributed by atoms with Crippen LogP contribution in [0.2, 0.25) is 0 Å². The minimum atomic E-state index is -1.78. The highest BCUT2D eigenvalue weighted by molar-refractivity contribution is 5.78. The van der Waals surface area contributed by atoms with Gasteiger partial charge >= 0.3 is 5.97 Å². The fourth-order valence-electron chi connectivity index (χ4n) is 3.62. The van der Waals surface area contributed by atoms with Gasteiger partial charge in [0.05, 0.1) is 13.2 Å². The highest BCUT2D eigenvalue weighted by Crippen LogP contribution is 2.47. The summed E-state index contributed by atoms with van der Waals surface area (Å²) in [5, 5.41) is 11.5. The molecule has 5 heteroatoms. The van der Waals surface area contributed by atoms with E-state index in [9.17, 15) is 14.7 Å². The number of aliphatic hydroxyl groups is 1. The van der Waals surface area contributed by atoms with E-state index in [0.717, 1.165) is 5.56 Å². The summed E-state index contributed by atoms with van der Waals surface area (Å²) in [5.74, 6) is 0.415. The molecule has 5 nitrogen and oxygen atoms in total. The first kappa shape index (κ1) is 17.9. The van der Waals surface area contributed by atoms with Gasteiger partial charge in [0.2, 0.25) is 0 Å². The van der Waals surface area contributed by atoms with Gasteiger partial charge in [-0.3, -0.25) is 4.79 Å². The van der Waals surface area contributed by atoms with Gasteiger partial charge in [-0.05, 0) is 18.1 Å². The lowest BCUT2D eigenvalue weighted by molar-refractivity contribution is -0.151. The number of benzene rings is 2. The summed E-state index contributed by atoms with van der Waals surface area (Å²) in [6, 6.07) is 18.1. The molecule has 2 aromatic carbocycles. The van der Waals surface area contributed by atoms with Gasteiger partial charge in [0, 0.05) is 6.54 Å². The normalized spacial score (nSPS) is 23.4. The summed E-state index contributed by atoms with van der Waals surface area (Å²) in [6.07, 6.45) is 0. The zero-order chi connectivity index (χ0) is 18.7. The van der Waals surface area contributed by atoms with E-state index in [1.807, 2.05) is 49.3 Å². The topological polar surface area (TPSA) is 66.8 Å². The van der Waals surface area contributed by atoms with Crippen LogP contribution in [0.1, 0.15) is 24.1 Å². The van der Waals surface area contributed by atoms with Gasteiger partial charge in [-0.25, -0.2) is 4.79 Å². The van der Waals surface area contributed by atoms with Crippen LogP contribution in [-0.2, 0) is 19.9 Å². The molecule has 1 aliphatic heterocycles. The summed E-state index contributed by atoms with van der Waals surface area (Å²) in [5.41, 5.74) is -0.285. The van der Waals surface area contributed by atoms with Crippen molar-refractivity contribution in [3.8, 4) is 0 Å². The first-order chi connectivity index (χ1) is 12.5. The molecule has 134 valence electrons. The number of methoxy groups -OCH3 is 1. The number of carbonyl (C=O) groups is 1. The standard InChI is InChI=1S/C21H21NO4/c1-15(16-9-5-3-6-10-16)22-13-18(20(24)26-2)21(25,19(22)14-23)17-11-7-4-8-12-17/h3-12,15,18,25H,13H2,1-2H3/t15-,18+,21+/m1/s1. The number of hydrogen-bond donors (Lipinski definition) is 1. The van der Waals surface area contributed by atoms with Crippen LogP contribution in [0.4, 0.5) is 0 Å². The van der Waals surface area contributed by atoms with Crippen LogP contribution in [0.5, 0.6) is 0 Å². The van der Waals surface area contributed by atoms with Crippen molar-refractivity contribution in [3.63, 3.8) is 0 Å². The van der Waals surface area contributed by atoms with E-state index in [0.29, 0.717) is 5.56 Å². The Morgan fingerprint density at radius 1 is 1.19 bits per heavy atom. The molecule has 1 aliphatic rings. The average molecular weight is 351 g/mol. The predicted molar refractivity (Wildman–Crippen MR) is 96.6 cm³/mol. The molecule has 0 unspecified atom stereocenters. The van der Waals surface area contributed by atoms with Crippen molar-refractivity contribution in [1.82, 2.24) is 4.90 Å². The summed E-state index contributed by atoms with van der Waals surface area (Å²) < 4.78 is 4.91. The molecule has 1 N–H and O–H groups in total. The predicted octanol–water partition coefficient (Wildman–Crippen LogP) is 2.46. The fraction of sp³-hybridized carbons (Fsp3) is 0.286. The Balaban J connectivity index is 2.10. The average Bonchev–Trinajstić information content (AvgIpc) is 3.01. The minimum Gasteiger partial charge on any atom is -0.469 e. The Hall–Kier alpha value is -2.88. The van der Waals surface area contributed by atoms with E-state index in [4.69, 9.17) is 4.74 Å². The molecular formula is C21H21NO4. The molecule has 1 saturated heterocycles. The summed E-state index contributed by atoms with van der Waals surface area (Å²) >= 11 is 0. The van der Waals surface area contributed by atoms with Gasteiger partial charge in [-0.15, -0.1) is 0 Å². The van der Waals surface area contributed by atoms with Crippen LogP contribution in [-0.4, -0.2) is 35.6 Å². The van der Waals surface area contributed by atoms with Crippen molar-refractivity contribution in [1.29, 1.82) is 0 Å². The molecular weight excluding hydrogens is 330 g/mol. The van der Waals surface area contributed by atoms with Gasteiger partial charge in [0.15, 0.2) is 5.60 Å². The number of rotatable bonds is 4. The van der Waals surface area contributed by atoms with Crippen molar-refractivity contribution in [2.45, 2.75) is 18.6 Å². The van der Waals surface area contributed by atoms with E-state index in [-0.39, 0.29) is 18.3 Å². The zero-order valence-electron chi connectivity index (χ0n) is 14.8. The Kier molecular flexibility index (Phi) is 4.94. The van der Waals surface area contributed by atoms with Crippen LogP contribution in [0.3, 0.4) is 0 Å². The van der Waals surface area contributed by atoms with Crippen molar-refractivity contribution in [3.05, 3.63) is 77.5 Å². The van der Waals surface area contributed by atoms with Crippen molar-refractivity contribution in [2.24, 2.45) is 5.92 Å². The van der Waals surface area contributed by atoms with Crippen molar-refractivity contribution >= 4 is 11.9 Å². The second-order valence-corrected chi connectivity index (χ2v) is 6.40. The lowest BCUT2D eigenvalue weighted by Gasteiger charge is -2.30. The first-order valence-electron chi connectivity index (χ1n) is 8.47. The molecule has 2 aromatic rings. The smallest absolute Gasteiger partial charge is 0.314 e. The monoisotopic (exact) mass is 351 g/mol. The van der Waals surface area contributed by atoms with Crippen molar-refractivity contribution < 1.29 is 19.4 Å². The van der Waals surface area contributed by atoms with Crippen LogP contribution in [0.15, 0.2) is 66.4 Å². The van der Waals surface area contributed by atoms with E-state index < -0.39 is 17.5 Å². The van der Waals surface area contributed by atoms with Gasteiger partial charge in [-0.2, -0.15) is 0 Å². The minimum absolute atomic E-state index is 0.0513. The molecule has 1 fully saturated rings. The Bertz CT molecular complexity index is 830. The summed E-state index contributed by atoms with van der Waals surface area (Å²) in [4.78, 5) is 26.0. The Labute approximate surface area is 152 Å². The van der Waals surface area contributed by atoms with E-state index in [1.165, 1.54) is 7.11 Å². The Morgan fingerprint density at radius 2 is 1.77 bits per heavy atom. The highest BCUT2D eigenvalue weighted by atomic mass is 16.5. The van der Waals surface area contributed by atoms with Gasteiger partial charge in [0.1, 0.15) is 17.6 Å². The second kappa shape index (κ2) is 7.16. The van der Waals surface area contributed by atoms with E-state index >= 15 is 0 Å². The molecule has 0 spiro atoms. The number of hydrogen-bond acceptors (Lipinski definition) is 5. The second-order valence-electron chi connectivity index (χ2n) is 6.40. The molecule has 0 amide bonds. The van der Waals surface area contributed by atoms with Gasteiger partial charge in [0.25, 0.3) is 0 Å². The maximum atomic E-state index is 12.4. The lowest BCUT2D eigenvalue weighted by atomic mass is 9.82. The number of ether oxygens (including phenoxy) is 1. The number of nitrogens with zero attached hydrogens (tertiary/aromatic N) is 1. The summed E-state index contributed by atoms with van der Waals surface area (Å²) in [6.45, 7) is 2.09. The third-order valence-corrected chi connectivity index (χ3v) is 5.08. The molecule has 0 aliphatic carbocycles. The van der Waals surface area contributed by atoms with E-state index in [2.05, 4.69) is 0 Å². The third-order valence-electron chi connectivity index (χ3n) is 5.08. The molecule has 0 aromatic heterocycles. The summed E-state index contributed by atoms with van der Waals surface area (Å²) in [7, 11) is 1.28. The molecule has 0 saturated carbocycles. The quantitative estimate of drug-likeness (QED) is 0.677. The largest absolute Gasteiger partial charge is 0.469 e. The van der Waals surface area contributed by atoms with Crippen LogP contribution in [0, 0.1) is 5.92 Å². The molecule has 26 heavy (non-hydrogen) atoms. The number of likely N-dealkylation sites (tertiary alicyclic amines) is 1. The third kappa shape index (κ3) is 2.81. The highest BCUT2D eigenvalue weighted by Gasteiger charge is 2.56. The molecule has 3 rings (SSSR count). The molecule has 3 atom stereocenters. The van der Waals surface area contributed by atoms with Crippen molar-refractivity contribution in [2.75, 3.05) is 13.7 Å². The lowest BCUT2D eigenvalue weighted by Crippen LogP contribution is -2.38. The Morgan fingerprint density at radius 3 is 2.31 bits per heavy atom. The van der Waals surface area contributed by atoms with Gasteiger partial charge < -0.3 is 14.7 Å². The maximum absolute atomic E-state index is 12.4. The molecule has 1 heterocycles. The van der Waals surface area contributed by atoms with Crippen LogP contribution in [0.25, 0.3) is 0 Å².